The molecule has 14 heavy (non-hydrogen) atoms. The maximum atomic E-state index is 3.16. The molecule has 1 heterocycles. The van der Waals surface area contributed by atoms with E-state index in [0.717, 1.165) is 0 Å². The van der Waals surface area contributed by atoms with Crippen LogP contribution in [0.2, 0.25) is 0 Å². The van der Waals surface area contributed by atoms with Gasteiger partial charge in [-0.3, -0.25) is 0 Å². The normalized spacial score (nSPS) is 14.6. The predicted octanol–water partition coefficient (Wildman–Crippen LogP) is 3.38. The van der Waals surface area contributed by atoms with E-state index in [0.29, 0.717) is 0 Å². The molecule has 1 aromatic carbocycles. The summed E-state index contributed by atoms with van der Waals surface area (Å²) in [5.74, 6) is 0. The summed E-state index contributed by atoms with van der Waals surface area (Å²) >= 11 is 1.62. The lowest BCUT2D eigenvalue weighted by Crippen LogP contribution is -1.91. The summed E-state index contributed by atoms with van der Waals surface area (Å²) in [4.78, 5) is 1.24. The van der Waals surface area contributed by atoms with Crippen molar-refractivity contribution in [2.24, 2.45) is 0 Å². The summed E-state index contributed by atoms with van der Waals surface area (Å²) in [6, 6.07) is 8.32. The maximum absolute atomic E-state index is 3.16. The fraction of sp³-hybridized carbons (Fsp3) is 0. The van der Waals surface area contributed by atoms with Crippen molar-refractivity contribution in [1.82, 2.24) is 4.72 Å². The van der Waals surface area contributed by atoms with Crippen LogP contribution in [0.5, 0.6) is 0 Å². The number of rotatable bonds is 0. The second-order valence-electron chi connectivity index (χ2n) is 2.86. The van der Waals surface area contributed by atoms with E-state index in [1.807, 2.05) is 30.5 Å². The van der Waals surface area contributed by atoms with Crippen LogP contribution in [0.25, 0.3) is 6.08 Å². The van der Waals surface area contributed by atoms with Crippen LogP contribution in [0.1, 0.15) is 5.56 Å². The minimum absolute atomic E-state index is 1.24. The Labute approximate surface area is 88.4 Å². The molecule has 1 aliphatic rings. The molecular formula is C12H11NS. The van der Waals surface area contributed by atoms with Gasteiger partial charge in [0.1, 0.15) is 0 Å². The molecule has 1 N–H and O–H groups in total. The molecule has 2 heteroatoms. The van der Waals surface area contributed by atoms with E-state index >= 15 is 0 Å². The van der Waals surface area contributed by atoms with Gasteiger partial charge in [-0.05, 0) is 29.7 Å². The summed E-state index contributed by atoms with van der Waals surface area (Å²) in [5.41, 5.74) is 1.24. The Morgan fingerprint density at radius 3 is 2.79 bits per heavy atom. The van der Waals surface area contributed by atoms with Gasteiger partial charge in [-0.1, -0.05) is 42.5 Å². The molecule has 0 bridgehead atoms. The first-order chi connectivity index (χ1) is 6.97. The zero-order chi connectivity index (χ0) is 9.64. The van der Waals surface area contributed by atoms with Crippen molar-refractivity contribution >= 4 is 18.0 Å². The summed E-state index contributed by atoms with van der Waals surface area (Å²) in [5, 5.41) is 0. The van der Waals surface area contributed by atoms with E-state index < -0.39 is 0 Å². The summed E-state index contributed by atoms with van der Waals surface area (Å²) in [6.45, 7) is 0. The van der Waals surface area contributed by atoms with Crippen molar-refractivity contribution in [1.29, 1.82) is 0 Å². The highest BCUT2D eigenvalue weighted by Crippen LogP contribution is 2.21. The highest BCUT2D eigenvalue weighted by Gasteiger charge is 1.97. The topological polar surface area (TPSA) is 12.0 Å². The van der Waals surface area contributed by atoms with Crippen molar-refractivity contribution < 1.29 is 0 Å². The van der Waals surface area contributed by atoms with E-state index in [4.69, 9.17) is 0 Å². The molecule has 1 nitrogen and oxygen atoms in total. The Hall–Kier alpha value is -1.41. The van der Waals surface area contributed by atoms with Crippen LogP contribution in [-0.2, 0) is 0 Å². The van der Waals surface area contributed by atoms with Gasteiger partial charge >= 0.3 is 0 Å². The summed E-state index contributed by atoms with van der Waals surface area (Å²) in [6.07, 6.45) is 12.1. The van der Waals surface area contributed by atoms with Crippen molar-refractivity contribution in [3.05, 3.63) is 60.3 Å². The third kappa shape index (κ3) is 2.30. The zero-order valence-electron chi connectivity index (χ0n) is 7.68. The first kappa shape index (κ1) is 9.16. The van der Waals surface area contributed by atoms with Gasteiger partial charge < -0.3 is 4.72 Å². The number of fused-ring (bicyclic) bond motifs is 1. The third-order valence-corrected chi connectivity index (χ3v) is 2.71. The highest BCUT2D eigenvalue weighted by atomic mass is 32.2. The molecule has 0 amide bonds. The van der Waals surface area contributed by atoms with Gasteiger partial charge in [0.2, 0.25) is 0 Å². The van der Waals surface area contributed by atoms with Gasteiger partial charge in [0.05, 0.1) is 0 Å². The Bertz CT molecular complexity index is 391. The van der Waals surface area contributed by atoms with E-state index in [1.54, 1.807) is 11.9 Å². The van der Waals surface area contributed by atoms with Crippen molar-refractivity contribution in [2.45, 2.75) is 4.90 Å². The molecule has 0 spiro atoms. The molecule has 2 rings (SSSR count). The SMILES string of the molecule is C1=CC=Cc2ccccc2SNC=C1. The predicted molar refractivity (Wildman–Crippen MR) is 62.7 cm³/mol. The van der Waals surface area contributed by atoms with Gasteiger partial charge in [0.15, 0.2) is 0 Å². The molecule has 0 saturated heterocycles. The smallest absolute Gasteiger partial charge is 0.0357 e. The lowest BCUT2D eigenvalue weighted by molar-refractivity contribution is 1.35. The molecule has 0 aromatic heterocycles. The molecule has 0 radical (unpaired) electrons. The Morgan fingerprint density at radius 1 is 0.929 bits per heavy atom. The first-order valence-corrected chi connectivity index (χ1v) is 5.30. The molecular weight excluding hydrogens is 190 g/mol. The first-order valence-electron chi connectivity index (χ1n) is 4.48. The number of nitrogens with one attached hydrogen (secondary N) is 1. The van der Waals surface area contributed by atoms with Crippen LogP contribution < -0.4 is 4.72 Å². The van der Waals surface area contributed by atoms with E-state index in [2.05, 4.69) is 35.1 Å². The van der Waals surface area contributed by atoms with Crippen LogP contribution in [0.15, 0.2) is 59.7 Å². The molecule has 0 aliphatic carbocycles. The second-order valence-corrected chi connectivity index (χ2v) is 3.74. The fourth-order valence-electron chi connectivity index (χ4n) is 1.19. The minimum Gasteiger partial charge on any atom is -0.332 e. The summed E-state index contributed by atoms with van der Waals surface area (Å²) < 4.78 is 3.16. The lowest BCUT2D eigenvalue weighted by Gasteiger charge is -2.04. The number of hydrogen-bond donors (Lipinski definition) is 1. The van der Waals surface area contributed by atoms with Crippen LogP contribution >= 0.6 is 11.9 Å². The number of allylic oxidation sites excluding steroid dienone is 4. The van der Waals surface area contributed by atoms with Gasteiger partial charge in [0, 0.05) is 11.1 Å². The molecule has 0 atom stereocenters. The highest BCUT2D eigenvalue weighted by molar-refractivity contribution is 7.97. The molecule has 1 aliphatic heterocycles. The van der Waals surface area contributed by atoms with Crippen LogP contribution in [0.3, 0.4) is 0 Å². The number of benzene rings is 1. The van der Waals surface area contributed by atoms with Gasteiger partial charge in [-0.25, -0.2) is 0 Å². The second kappa shape index (κ2) is 4.72. The average molecular weight is 201 g/mol. The van der Waals surface area contributed by atoms with E-state index in [9.17, 15) is 0 Å². The zero-order valence-corrected chi connectivity index (χ0v) is 8.50. The molecule has 0 saturated carbocycles. The van der Waals surface area contributed by atoms with Crippen LogP contribution in [0, 0.1) is 0 Å². The molecule has 70 valence electrons. The quantitative estimate of drug-likeness (QED) is 0.646. The Kier molecular flexibility index (Phi) is 3.09. The monoisotopic (exact) mass is 201 g/mol. The van der Waals surface area contributed by atoms with Gasteiger partial charge in [-0.15, -0.1) is 0 Å². The maximum Gasteiger partial charge on any atom is 0.0357 e. The number of hydrogen-bond acceptors (Lipinski definition) is 2. The largest absolute Gasteiger partial charge is 0.332 e. The fourth-order valence-corrected chi connectivity index (χ4v) is 1.87. The molecule has 0 unspecified atom stereocenters. The molecule has 0 fully saturated rings. The van der Waals surface area contributed by atoms with E-state index in [1.165, 1.54) is 10.5 Å². The van der Waals surface area contributed by atoms with Gasteiger partial charge in [0.25, 0.3) is 0 Å². The van der Waals surface area contributed by atoms with Crippen molar-refractivity contribution in [3.8, 4) is 0 Å². The van der Waals surface area contributed by atoms with Crippen molar-refractivity contribution in [3.63, 3.8) is 0 Å². The Morgan fingerprint density at radius 2 is 1.79 bits per heavy atom. The van der Waals surface area contributed by atoms with Crippen molar-refractivity contribution in [2.75, 3.05) is 0 Å². The van der Waals surface area contributed by atoms with Gasteiger partial charge in [-0.2, -0.15) is 0 Å². The standard InChI is InChI=1S/C12H11NS/c1-2-6-10-13-14-12-9-5-4-8-11(12)7-3-1/h1-10,13H. The third-order valence-electron chi connectivity index (χ3n) is 1.86. The summed E-state index contributed by atoms with van der Waals surface area (Å²) in [7, 11) is 0. The Balaban J connectivity index is 2.35. The van der Waals surface area contributed by atoms with E-state index in [-0.39, 0.29) is 0 Å². The van der Waals surface area contributed by atoms with Crippen LogP contribution in [-0.4, -0.2) is 0 Å². The molecule has 1 aromatic rings. The van der Waals surface area contributed by atoms with Crippen LogP contribution in [0.4, 0.5) is 0 Å². The average Bonchev–Trinajstić information content (AvgIpc) is 2.25. The minimum atomic E-state index is 1.24. The lowest BCUT2D eigenvalue weighted by atomic mass is 10.2.